The Labute approximate surface area is 124 Å². The first-order valence-electron chi connectivity index (χ1n) is 6.97. The van der Waals surface area contributed by atoms with Gasteiger partial charge in [0.15, 0.2) is 0 Å². The van der Waals surface area contributed by atoms with Crippen molar-refractivity contribution in [1.29, 1.82) is 0 Å². The predicted molar refractivity (Wildman–Crippen MR) is 77.6 cm³/mol. The summed E-state index contributed by atoms with van der Waals surface area (Å²) in [5.41, 5.74) is 0.257. The molecule has 0 spiro atoms. The van der Waals surface area contributed by atoms with Crippen LogP contribution in [-0.4, -0.2) is 41.0 Å². The number of amides is 1. The molecule has 1 atom stereocenters. The van der Waals surface area contributed by atoms with Crippen LogP contribution < -0.4 is 15.4 Å². The lowest BCUT2D eigenvalue weighted by molar-refractivity contribution is 0.0943. The molecule has 0 saturated carbocycles. The number of nitrogens with one attached hydrogen (secondary N) is 3. The van der Waals surface area contributed by atoms with Crippen LogP contribution in [0.5, 0.6) is 0 Å². The molecule has 0 aliphatic carbocycles. The van der Waals surface area contributed by atoms with Crippen LogP contribution in [0.2, 0.25) is 0 Å². The summed E-state index contributed by atoms with van der Waals surface area (Å²) in [5, 5.41) is 5.88. The first kappa shape index (κ1) is 16.0. The predicted octanol–water partition coefficient (Wildman–Crippen LogP) is 0.226. The first-order chi connectivity index (χ1) is 9.94. The van der Waals surface area contributed by atoms with E-state index in [1.54, 1.807) is 6.92 Å². The van der Waals surface area contributed by atoms with E-state index in [9.17, 15) is 13.2 Å². The summed E-state index contributed by atoms with van der Waals surface area (Å²) in [6.45, 7) is 4.07. The molecule has 21 heavy (non-hydrogen) atoms. The van der Waals surface area contributed by atoms with E-state index in [2.05, 4.69) is 15.4 Å². The zero-order valence-electron chi connectivity index (χ0n) is 12.2. The molecule has 0 bridgehead atoms. The first-order valence-corrected chi connectivity index (χ1v) is 8.45. The molecule has 1 aromatic rings. The van der Waals surface area contributed by atoms with Crippen LogP contribution in [0.15, 0.2) is 15.6 Å². The van der Waals surface area contributed by atoms with Crippen molar-refractivity contribution in [1.82, 2.24) is 15.4 Å². The standard InChI is InChI=1S/C13H21N3O4S/c1-9-11(6-12(20-9)21(18,19)14-2)13(17)16-8-10-4-3-5-15-7-10/h6,10,14-15H,3-5,7-8H2,1-2H3,(H,16,17). The number of carbonyl (C=O) groups is 1. The maximum atomic E-state index is 12.1. The van der Waals surface area contributed by atoms with Gasteiger partial charge in [-0.3, -0.25) is 4.79 Å². The van der Waals surface area contributed by atoms with Gasteiger partial charge in [0.25, 0.3) is 15.9 Å². The summed E-state index contributed by atoms with van der Waals surface area (Å²) in [4.78, 5) is 12.1. The quantitative estimate of drug-likeness (QED) is 0.722. The van der Waals surface area contributed by atoms with E-state index in [4.69, 9.17) is 4.42 Å². The van der Waals surface area contributed by atoms with Gasteiger partial charge in [-0.25, -0.2) is 13.1 Å². The van der Waals surface area contributed by atoms with Gasteiger partial charge in [0.05, 0.1) is 5.56 Å². The van der Waals surface area contributed by atoms with Gasteiger partial charge in [-0.05, 0) is 45.8 Å². The summed E-state index contributed by atoms with van der Waals surface area (Å²) >= 11 is 0. The highest BCUT2D eigenvalue weighted by Gasteiger charge is 2.23. The van der Waals surface area contributed by atoms with E-state index in [0.717, 1.165) is 25.9 Å². The van der Waals surface area contributed by atoms with Crippen molar-refractivity contribution in [3.63, 3.8) is 0 Å². The van der Waals surface area contributed by atoms with Crippen molar-refractivity contribution in [2.75, 3.05) is 26.7 Å². The van der Waals surface area contributed by atoms with Crippen molar-refractivity contribution in [2.45, 2.75) is 24.9 Å². The van der Waals surface area contributed by atoms with Gasteiger partial charge in [-0.2, -0.15) is 0 Å². The van der Waals surface area contributed by atoms with Crippen LogP contribution in [0.25, 0.3) is 0 Å². The molecule has 1 aliphatic heterocycles. The molecule has 1 unspecified atom stereocenters. The molecule has 118 valence electrons. The van der Waals surface area contributed by atoms with Gasteiger partial charge in [0, 0.05) is 12.6 Å². The molecule has 7 nitrogen and oxygen atoms in total. The monoisotopic (exact) mass is 315 g/mol. The molecular formula is C13H21N3O4S. The molecule has 1 amide bonds. The van der Waals surface area contributed by atoms with E-state index >= 15 is 0 Å². The van der Waals surface area contributed by atoms with E-state index < -0.39 is 10.0 Å². The van der Waals surface area contributed by atoms with Gasteiger partial charge >= 0.3 is 0 Å². The lowest BCUT2D eigenvalue weighted by Gasteiger charge is -2.22. The second-order valence-electron chi connectivity index (χ2n) is 5.17. The minimum atomic E-state index is -3.68. The van der Waals surface area contributed by atoms with Gasteiger partial charge in [-0.15, -0.1) is 0 Å². The third-order valence-corrected chi connectivity index (χ3v) is 4.89. The normalized spacial score (nSPS) is 19.4. The van der Waals surface area contributed by atoms with E-state index in [-0.39, 0.29) is 16.6 Å². The average Bonchev–Trinajstić information content (AvgIpc) is 2.89. The fourth-order valence-corrected chi connectivity index (χ4v) is 3.05. The minimum Gasteiger partial charge on any atom is -0.448 e. The van der Waals surface area contributed by atoms with Crippen molar-refractivity contribution in [3.05, 3.63) is 17.4 Å². The Morgan fingerprint density at radius 2 is 2.29 bits per heavy atom. The van der Waals surface area contributed by atoms with Gasteiger partial charge < -0.3 is 15.1 Å². The average molecular weight is 315 g/mol. The van der Waals surface area contributed by atoms with Crippen LogP contribution in [0, 0.1) is 12.8 Å². The van der Waals surface area contributed by atoms with Crippen LogP contribution in [0.1, 0.15) is 29.0 Å². The highest BCUT2D eigenvalue weighted by atomic mass is 32.2. The van der Waals surface area contributed by atoms with Gasteiger partial charge in [0.2, 0.25) is 5.09 Å². The van der Waals surface area contributed by atoms with Gasteiger partial charge in [0.1, 0.15) is 5.76 Å². The van der Waals surface area contributed by atoms with Crippen LogP contribution in [-0.2, 0) is 10.0 Å². The third-order valence-electron chi connectivity index (χ3n) is 3.62. The lowest BCUT2D eigenvalue weighted by atomic mass is 10.00. The molecule has 2 rings (SSSR count). The Morgan fingerprint density at radius 1 is 1.52 bits per heavy atom. The molecule has 1 saturated heterocycles. The minimum absolute atomic E-state index is 0.244. The maximum absolute atomic E-state index is 12.1. The maximum Gasteiger partial charge on any atom is 0.273 e. The molecule has 8 heteroatoms. The van der Waals surface area contributed by atoms with E-state index in [1.165, 1.54) is 13.1 Å². The molecule has 1 fully saturated rings. The summed E-state index contributed by atoms with van der Waals surface area (Å²) < 4.78 is 30.6. The number of hydrogen-bond donors (Lipinski definition) is 3. The fraction of sp³-hybridized carbons (Fsp3) is 0.615. The SMILES string of the molecule is CNS(=O)(=O)c1cc(C(=O)NCC2CCCNC2)c(C)o1. The number of sulfonamides is 1. The largest absolute Gasteiger partial charge is 0.448 e. The smallest absolute Gasteiger partial charge is 0.273 e. The van der Waals surface area contributed by atoms with Crippen LogP contribution >= 0.6 is 0 Å². The topological polar surface area (TPSA) is 100 Å². The molecule has 3 N–H and O–H groups in total. The Balaban J connectivity index is 2.02. The molecular weight excluding hydrogens is 294 g/mol. The fourth-order valence-electron chi connectivity index (χ4n) is 2.34. The zero-order valence-corrected chi connectivity index (χ0v) is 13.0. The molecule has 2 heterocycles. The second-order valence-corrected chi connectivity index (χ2v) is 6.98. The summed E-state index contributed by atoms with van der Waals surface area (Å²) in [5.74, 6) is 0.401. The number of rotatable bonds is 5. The second kappa shape index (κ2) is 6.59. The van der Waals surface area contributed by atoms with Crippen molar-refractivity contribution in [3.8, 4) is 0 Å². The number of aryl methyl sites for hydroxylation is 1. The van der Waals surface area contributed by atoms with Crippen molar-refractivity contribution >= 4 is 15.9 Å². The molecule has 0 aromatic carbocycles. The van der Waals surface area contributed by atoms with E-state index in [1.807, 2.05) is 0 Å². The van der Waals surface area contributed by atoms with Crippen molar-refractivity contribution < 1.29 is 17.6 Å². The van der Waals surface area contributed by atoms with Crippen LogP contribution in [0.4, 0.5) is 0 Å². The Hall–Kier alpha value is -1.38. The Morgan fingerprint density at radius 3 is 2.90 bits per heavy atom. The highest BCUT2D eigenvalue weighted by molar-refractivity contribution is 7.89. The summed E-state index contributed by atoms with van der Waals surface area (Å²) in [7, 11) is -2.38. The molecule has 0 radical (unpaired) electrons. The van der Waals surface area contributed by atoms with Gasteiger partial charge in [-0.1, -0.05) is 0 Å². The zero-order chi connectivity index (χ0) is 15.5. The third kappa shape index (κ3) is 3.84. The Kier molecular flexibility index (Phi) is 5.02. The summed E-state index contributed by atoms with van der Waals surface area (Å²) in [6, 6.07) is 1.26. The number of furan rings is 1. The number of hydrogen-bond acceptors (Lipinski definition) is 5. The molecule has 1 aliphatic rings. The molecule has 1 aromatic heterocycles. The lowest BCUT2D eigenvalue weighted by Crippen LogP contribution is -2.38. The Bertz CT molecular complexity index is 603. The highest BCUT2D eigenvalue weighted by Crippen LogP contribution is 2.19. The van der Waals surface area contributed by atoms with Crippen molar-refractivity contribution in [2.24, 2.45) is 5.92 Å². The van der Waals surface area contributed by atoms with E-state index in [0.29, 0.717) is 18.2 Å². The number of carbonyl (C=O) groups excluding carboxylic acids is 1. The van der Waals surface area contributed by atoms with Crippen LogP contribution in [0.3, 0.4) is 0 Å². The number of piperidine rings is 1. The summed E-state index contributed by atoms with van der Waals surface area (Å²) in [6.07, 6.45) is 2.19.